The van der Waals surface area contributed by atoms with Crippen LogP contribution in [-0.4, -0.2) is 33.5 Å². The topological polar surface area (TPSA) is 91.3 Å². The van der Waals surface area contributed by atoms with Gasteiger partial charge in [-0.1, -0.05) is 49.2 Å². The Bertz CT molecular complexity index is 1180. The van der Waals surface area contributed by atoms with Crippen LogP contribution in [0.25, 0.3) is 0 Å². The maximum atomic E-state index is 15.5. The van der Waals surface area contributed by atoms with E-state index in [0.717, 1.165) is 12.8 Å². The van der Waals surface area contributed by atoms with Crippen LogP contribution in [0.2, 0.25) is 10.2 Å². The Morgan fingerprint density at radius 2 is 1.91 bits per heavy atom. The number of aliphatic carboxylic acids is 1. The number of anilines is 1. The molecular formula is C24H24Cl2FN3O3. The molecule has 2 aromatic rings. The van der Waals surface area contributed by atoms with E-state index in [4.69, 9.17) is 23.2 Å². The third-order valence-electron chi connectivity index (χ3n) is 7.93. The van der Waals surface area contributed by atoms with Crippen LogP contribution in [-0.2, 0) is 15.0 Å². The molecule has 1 aromatic carbocycles. The zero-order chi connectivity index (χ0) is 23.8. The molecule has 1 amide bonds. The first kappa shape index (κ1) is 22.6. The zero-order valence-electron chi connectivity index (χ0n) is 18.2. The minimum Gasteiger partial charge on any atom is -0.480 e. The molecule has 1 aliphatic carbocycles. The van der Waals surface area contributed by atoms with E-state index >= 15 is 4.39 Å². The average molecular weight is 492 g/mol. The summed E-state index contributed by atoms with van der Waals surface area (Å²) in [4.78, 5) is 30.8. The van der Waals surface area contributed by atoms with Crippen molar-refractivity contribution in [2.24, 2.45) is 5.41 Å². The second-order valence-corrected chi connectivity index (χ2v) is 10.9. The number of aromatic nitrogens is 1. The first-order chi connectivity index (χ1) is 15.5. The summed E-state index contributed by atoms with van der Waals surface area (Å²) in [5, 5.41) is 16.6. The number of halogens is 3. The Morgan fingerprint density at radius 3 is 2.58 bits per heavy atom. The third kappa shape index (κ3) is 3.05. The van der Waals surface area contributed by atoms with Crippen LogP contribution < -0.4 is 10.6 Å². The highest BCUT2D eigenvalue weighted by atomic mass is 35.5. The first-order valence-electron chi connectivity index (χ1n) is 10.9. The number of pyridine rings is 1. The molecule has 3 N–H and O–H groups in total. The number of fused-ring (bicyclic) bond motifs is 3. The standard InChI is InChI=1S/C24H24Cl2FN3O3/c1-22(2)6-8-23(9-7-22)24(13-11-28-16(26)10-15(13)29-21(24)33)17(19(30-23)20(31)32)12-4-3-5-14(25)18(12)27/h3-5,10-11,17,19,30H,6-9H2,1-2H3,(H,29,33)(H,31,32)/t17-,19+,24?/m0/s1. The van der Waals surface area contributed by atoms with Gasteiger partial charge in [0.1, 0.15) is 22.4 Å². The summed E-state index contributed by atoms with van der Waals surface area (Å²) < 4.78 is 15.5. The highest BCUT2D eigenvalue weighted by Gasteiger charge is 2.73. The smallest absolute Gasteiger partial charge is 0.321 e. The predicted molar refractivity (Wildman–Crippen MR) is 123 cm³/mol. The Hall–Kier alpha value is -2.22. The lowest BCUT2D eigenvalue weighted by molar-refractivity contribution is -0.139. The molecular weight excluding hydrogens is 468 g/mol. The number of rotatable bonds is 2. The minimum atomic E-state index is -1.40. The van der Waals surface area contributed by atoms with E-state index in [0.29, 0.717) is 24.1 Å². The van der Waals surface area contributed by atoms with Gasteiger partial charge in [-0.05, 0) is 48.8 Å². The van der Waals surface area contributed by atoms with Crippen LogP contribution >= 0.6 is 23.2 Å². The van der Waals surface area contributed by atoms with Gasteiger partial charge in [0.15, 0.2) is 0 Å². The van der Waals surface area contributed by atoms with E-state index in [1.807, 2.05) is 0 Å². The molecule has 3 aliphatic rings. The van der Waals surface area contributed by atoms with Crippen LogP contribution in [0.3, 0.4) is 0 Å². The van der Waals surface area contributed by atoms with Gasteiger partial charge in [0, 0.05) is 28.9 Å². The molecule has 9 heteroatoms. The minimum absolute atomic E-state index is 0.0440. The average Bonchev–Trinajstić information content (AvgIpc) is 3.20. The molecule has 5 rings (SSSR count). The second-order valence-electron chi connectivity index (χ2n) is 10.1. The summed E-state index contributed by atoms with van der Waals surface area (Å²) in [7, 11) is 0. The van der Waals surface area contributed by atoms with Gasteiger partial charge >= 0.3 is 5.97 Å². The quantitative estimate of drug-likeness (QED) is 0.519. The molecule has 3 atom stereocenters. The molecule has 2 fully saturated rings. The maximum Gasteiger partial charge on any atom is 0.321 e. The monoisotopic (exact) mass is 491 g/mol. The van der Waals surface area contributed by atoms with Crippen LogP contribution in [0.4, 0.5) is 10.1 Å². The Kier molecular flexibility index (Phi) is 5.05. The van der Waals surface area contributed by atoms with Gasteiger partial charge in [-0.25, -0.2) is 9.37 Å². The molecule has 1 saturated carbocycles. The number of hydrogen-bond acceptors (Lipinski definition) is 4. The number of hydrogen-bond donors (Lipinski definition) is 3. The van der Waals surface area contributed by atoms with Gasteiger partial charge in [-0.15, -0.1) is 0 Å². The maximum absolute atomic E-state index is 15.5. The molecule has 33 heavy (non-hydrogen) atoms. The number of benzene rings is 1. The number of carboxylic acids is 1. The lowest BCUT2D eigenvalue weighted by atomic mass is 9.53. The summed E-state index contributed by atoms with van der Waals surface area (Å²) in [6, 6.07) is 4.87. The van der Waals surface area contributed by atoms with Crippen LogP contribution in [0.5, 0.6) is 0 Å². The van der Waals surface area contributed by atoms with Crippen LogP contribution in [0, 0.1) is 11.2 Å². The Balaban J connectivity index is 1.83. The molecule has 1 aromatic heterocycles. The van der Waals surface area contributed by atoms with Crippen molar-refractivity contribution in [3.8, 4) is 0 Å². The lowest BCUT2D eigenvalue weighted by Gasteiger charge is -2.50. The second kappa shape index (κ2) is 7.39. The van der Waals surface area contributed by atoms with Gasteiger partial charge < -0.3 is 10.4 Å². The number of carbonyl (C=O) groups is 2. The van der Waals surface area contributed by atoms with Crippen molar-refractivity contribution >= 4 is 40.8 Å². The predicted octanol–water partition coefficient (Wildman–Crippen LogP) is 4.90. The van der Waals surface area contributed by atoms with Crippen molar-refractivity contribution in [1.29, 1.82) is 0 Å². The molecule has 1 saturated heterocycles. The third-order valence-corrected chi connectivity index (χ3v) is 8.43. The fourth-order valence-corrected chi connectivity index (χ4v) is 6.63. The lowest BCUT2D eigenvalue weighted by Crippen LogP contribution is -2.61. The van der Waals surface area contributed by atoms with Crippen molar-refractivity contribution in [2.75, 3.05) is 5.32 Å². The van der Waals surface area contributed by atoms with E-state index in [1.54, 1.807) is 12.1 Å². The van der Waals surface area contributed by atoms with E-state index < -0.39 is 34.7 Å². The molecule has 0 radical (unpaired) electrons. The van der Waals surface area contributed by atoms with Gasteiger partial charge in [0.05, 0.1) is 5.02 Å². The zero-order valence-corrected chi connectivity index (χ0v) is 19.7. The van der Waals surface area contributed by atoms with Crippen LogP contribution in [0.1, 0.15) is 56.6 Å². The van der Waals surface area contributed by atoms with Crippen LogP contribution in [0.15, 0.2) is 30.5 Å². The number of nitrogens with one attached hydrogen (secondary N) is 2. The summed E-state index contributed by atoms with van der Waals surface area (Å²) >= 11 is 12.2. The van der Waals surface area contributed by atoms with Crippen molar-refractivity contribution in [2.45, 2.75) is 62.4 Å². The van der Waals surface area contributed by atoms with E-state index in [9.17, 15) is 14.7 Å². The molecule has 6 nitrogen and oxygen atoms in total. The number of amides is 1. The summed E-state index contributed by atoms with van der Waals surface area (Å²) in [6.07, 6.45) is 4.19. The fraction of sp³-hybridized carbons (Fsp3) is 0.458. The highest BCUT2D eigenvalue weighted by molar-refractivity contribution is 6.31. The number of carboxylic acid groups (broad SMARTS) is 1. The summed E-state index contributed by atoms with van der Waals surface area (Å²) in [6.45, 7) is 4.32. The van der Waals surface area contributed by atoms with E-state index in [-0.39, 0.29) is 27.1 Å². The summed E-state index contributed by atoms with van der Waals surface area (Å²) in [5.41, 5.74) is -1.15. The van der Waals surface area contributed by atoms with Crippen molar-refractivity contribution < 1.29 is 19.1 Å². The number of carbonyl (C=O) groups excluding carboxylic acids is 1. The highest BCUT2D eigenvalue weighted by Crippen LogP contribution is 2.63. The fourth-order valence-electron chi connectivity index (χ4n) is 6.29. The summed E-state index contributed by atoms with van der Waals surface area (Å²) in [5.74, 6) is -3.28. The SMILES string of the molecule is CC1(C)CCC2(CC1)N[C@@H](C(=O)O)[C@H](c1cccc(Cl)c1F)C21C(=O)Nc2cc(Cl)ncc21. The molecule has 174 valence electrons. The number of nitrogens with zero attached hydrogens (tertiary/aromatic N) is 1. The van der Waals surface area contributed by atoms with Gasteiger partial charge in [0.2, 0.25) is 5.91 Å². The molecule has 2 spiro atoms. The molecule has 1 unspecified atom stereocenters. The Morgan fingerprint density at radius 1 is 1.21 bits per heavy atom. The first-order valence-corrected chi connectivity index (χ1v) is 11.7. The normalized spacial score (nSPS) is 29.3. The molecule has 0 bridgehead atoms. The van der Waals surface area contributed by atoms with Crippen molar-refractivity contribution in [3.05, 3.63) is 57.6 Å². The van der Waals surface area contributed by atoms with E-state index in [1.165, 1.54) is 18.3 Å². The Labute approximate surface area is 200 Å². The van der Waals surface area contributed by atoms with Gasteiger partial charge in [0.25, 0.3) is 0 Å². The van der Waals surface area contributed by atoms with E-state index in [2.05, 4.69) is 29.5 Å². The van der Waals surface area contributed by atoms with Crippen molar-refractivity contribution in [3.63, 3.8) is 0 Å². The molecule has 3 heterocycles. The van der Waals surface area contributed by atoms with Gasteiger partial charge in [-0.2, -0.15) is 0 Å². The van der Waals surface area contributed by atoms with Crippen molar-refractivity contribution in [1.82, 2.24) is 10.3 Å². The largest absolute Gasteiger partial charge is 0.480 e. The van der Waals surface area contributed by atoms with Gasteiger partial charge in [-0.3, -0.25) is 14.9 Å². The molecule has 2 aliphatic heterocycles.